The van der Waals surface area contributed by atoms with Crippen molar-refractivity contribution in [2.45, 2.75) is 38.8 Å². The van der Waals surface area contributed by atoms with Gasteiger partial charge >= 0.3 is 0 Å². The molecule has 2 saturated carbocycles. The van der Waals surface area contributed by atoms with Gasteiger partial charge in [0.25, 0.3) is 0 Å². The normalized spacial score (nSPS) is 28.8. The number of hydrogen-bond acceptors (Lipinski definition) is 4. The van der Waals surface area contributed by atoms with Gasteiger partial charge in [0.05, 0.1) is 11.9 Å². The van der Waals surface area contributed by atoms with Crippen molar-refractivity contribution < 1.29 is 4.79 Å². The molecule has 104 valence electrons. The van der Waals surface area contributed by atoms with E-state index < -0.39 is 0 Å². The second-order valence-electron chi connectivity index (χ2n) is 5.85. The lowest BCUT2D eigenvalue weighted by Gasteiger charge is -2.21. The number of rotatable bonds is 5. The van der Waals surface area contributed by atoms with Crippen LogP contribution in [0.15, 0.2) is 6.20 Å². The number of carbonyl (C=O) groups is 1. The molecular weight excluding hydrogens is 242 g/mol. The Balaban J connectivity index is 1.44. The lowest BCUT2D eigenvalue weighted by atomic mass is 9.89. The Morgan fingerprint density at radius 1 is 1.47 bits per heavy atom. The quantitative estimate of drug-likeness (QED) is 0.799. The molecule has 0 aliphatic heterocycles. The largest absolute Gasteiger partial charge is 0.354 e. The van der Waals surface area contributed by atoms with E-state index in [0.717, 1.165) is 18.4 Å². The van der Waals surface area contributed by atoms with Gasteiger partial charge in [-0.3, -0.25) is 4.79 Å². The summed E-state index contributed by atoms with van der Waals surface area (Å²) in [7, 11) is 0. The maximum absolute atomic E-state index is 11.8. The molecule has 0 spiro atoms. The van der Waals surface area contributed by atoms with Gasteiger partial charge in [-0.05, 0) is 37.0 Å². The average Bonchev–Trinajstić information content (AvgIpc) is 3.12. The number of nitrogens with one attached hydrogen (secondary N) is 1. The van der Waals surface area contributed by atoms with Gasteiger partial charge in [0.2, 0.25) is 5.91 Å². The molecule has 1 amide bonds. The molecule has 2 bridgehead atoms. The molecule has 1 aromatic rings. The molecule has 0 radical (unpaired) electrons. The summed E-state index contributed by atoms with van der Waals surface area (Å²) in [6, 6.07) is 0. The maximum atomic E-state index is 11.8. The molecule has 2 aliphatic carbocycles. The molecule has 3 unspecified atom stereocenters. The highest BCUT2D eigenvalue weighted by atomic mass is 16.2. The van der Waals surface area contributed by atoms with E-state index in [1.54, 1.807) is 10.9 Å². The molecule has 1 aromatic heterocycles. The molecular formula is C13H21N5O. The Hall–Kier alpha value is -1.43. The van der Waals surface area contributed by atoms with Crippen molar-refractivity contribution in [1.29, 1.82) is 0 Å². The second-order valence-corrected chi connectivity index (χ2v) is 5.85. The molecule has 0 aromatic carbocycles. The first kappa shape index (κ1) is 12.6. The van der Waals surface area contributed by atoms with E-state index in [1.807, 2.05) is 0 Å². The minimum absolute atomic E-state index is 0.0104. The summed E-state index contributed by atoms with van der Waals surface area (Å²) >= 11 is 0. The fourth-order valence-corrected chi connectivity index (χ4v) is 3.58. The van der Waals surface area contributed by atoms with Crippen molar-refractivity contribution in [3.8, 4) is 0 Å². The first-order valence-corrected chi connectivity index (χ1v) is 7.10. The van der Waals surface area contributed by atoms with Gasteiger partial charge in [0, 0.05) is 13.1 Å². The average molecular weight is 263 g/mol. The number of aromatic nitrogens is 3. The molecule has 3 atom stereocenters. The molecule has 2 fully saturated rings. The predicted molar refractivity (Wildman–Crippen MR) is 69.9 cm³/mol. The lowest BCUT2D eigenvalue weighted by molar-refractivity contribution is -0.122. The first-order valence-electron chi connectivity index (χ1n) is 7.10. The number of amides is 1. The summed E-state index contributed by atoms with van der Waals surface area (Å²) in [5.41, 5.74) is 6.16. The Morgan fingerprint density at radius 3 is 3.00 bits per heavy atom. The highest BCUT2D eigenvalue weighted by Gasteiger charge is 2.39. The van der Waals surface area contributed by atoms with Crippen LogP contribution in [0.5, 0.6) is 0 Å². The van der Waals surface area contributed by atoms with Crippen molar-refractivity contribution in [3.05, 3.63) is 11.9 Å². The monoisotopic (exact) mass is 263 g/mol. The predicted octanol–water partition coefficient (Wildman–Crippen LogP) is 0.289. The van der Waals surface area contributed by atoms with E-state index in [1.165, 1.54) is 25.7 Å². The Kier molecular flexibility index (Phi) is 3.50. The van der Waals surface area contributed by atoms with Crippen LogP contribution in [0.25, 0.3) is 0 Å². The Morgan fingerprint density at radius 2 is 2.37 bits per heavy atom. The first-order chi connectivity index (χ1) is 9.24. The van der Waals surface area contributed by atoms with E-state index in [4.69, 9.17) is 5.73 Å². The standard InChI is InChI=1S/C13H21N5O/c14-5-12-7-18(17-16-12)8-13(19)15-6-11-4-9-1-2-10(11)3-9/h7,9-11H,1-6,8,14H2,(H,15,19). The molecule has 3 rings (SSSR count). The Bertz CT molecular complexity index is 458. The van der Waals surface area contributed by atoms with E-state index in [9.17, 15) is 4.79 Å². The third-order valence-electron chi connectivity index (χ3n) is 4.55. The van der Waals surface area contributed by atoms with Crippen LogP contribution < -0.4 is 11.1 Å². The number of hydrogen-bond donors (Lipinski definition) is 2. The molecule has 3 N–H and O–H groups in total. The van der Waals surface area contributed by atoms with Crippen molar-refractivity contribution in [1.82, 2.24) is 20.3 Å². The van der Waals surface area contributed by atoms with Gasteiger partial charge in [-0.25, -0.2) is 4.68 Å². The van der Waals surface area contributed by atoms with Gasteiger partial charge in [0.15, 0.2) is 0 Å². The summed E-state index contributed by atoms with van der Waals surface area (Å²) in [5.74, 6) is 2.48. The zero-order valence-corrected chi connectivity index (χ0v) is 11.1. The number of nitrogens with zero attached hydrogens (tertiary/aromatic N) is 3. The maximum Gasteiger partial charge on any atom is 0.241 e. The van der Waals surface area contributed by atoms with E-state index >= 15 is 0 Å². The molecule has 1 heterocycles. The van der Waals surface area contributed by atoms with E-state index in [-0.39, 0.29) is 12.5 Å². The third kappa shape index (κ3) is 2.78. The van der Waals surface area contributed by atoms with Crippen LogP contribution in [0, 0.1) is 17.8 Å². The summed E-state index contributed by atoms with van der Waals surface area (Å²) in [6.45, 7) is 1.40. The highest BCUT2D eigenvalue weighted by molar-refractivity contribution is 5.75. The summed E-state index contributed by atoms with van der Waals surface area (Å²) in [6.07, 6.45) is 7.15. The minimum atomic E-state index is 0.0104. The van der Waals surface area contributed by atoms with E-state index in [2.05, 4.69) is 15.6 Å². The van der Waals surface area contributed by atoms with E-state index in [0.29, 0.717) is 18.2 Å². The van der Waals surface area contributed by atoms with Crippen molar-refractivity contribution >= 4 is 5.91 Å². The fraction of sp³-hybridized carbons (Fsp3) is 0.769. The van der Waals surface area contributed by atoms with Crippen molar-refractivity contribution in [2.75, 3.05) is 6.54 Å². The van der Waals surface area contributed by atoms with Crippen LogP contribution in [0.4, 0.5) is 0 Å². The summed E-state index contributed by atoms with van der Waals surface area (Å²) < 4.78 is 1.54. The van der Waals surface area contributed by atoms with Gasteiger partial charge in [-0.1, -0.05) is 11.6 Å². The fourth-order valence-electron chi connectivity index (χ4n) is 3.58. The molecule has 6 heteroatoms. The van der Waals surface area contributed by atoms with Crippen molar-refractivity contribution in [3.63, 3.8) is 0 Å². The third-order valence-corrected chi connectivity index (χ3v) is 4.55. The second kappa shape index (κ2) is 5.28. The van der Waals surface area contributed by atoms with Crippen molar-refractivity contribution in [2.24, 2.45) is 23.5 Å². The van der Waals surface area contributed by atoms with Gasteiger partial charge in [-0.15, -0.1) is 5.10 Å². The SMILES string of the molecule is NCc1cn(CC(=O)NCC2CC3CCC2C3)nn1. The number of nitrogens with two attached hydrogens (primary N) is 1. The number of carbonyl (C=O) groups excluding carboxylic acids is 1. The van der Waals surface area contributed by atoms with Crippen LogP contribution in [-0.2, 0) is 17.9 Å². The zero-order valence-electron chi connectivity index (χ0n) is 11.1. The van der Waals surface area contributed by atoms with Crippen LogP contribution in [0.1, 0.15) is 31.4 Å². The lowest BCUT2D eigenvalue weighted by Crippen LogP contribution is -2.34. The summed E-state index contributed by atoms with van der Waals surface area (Å²) in [4.78, 5) is 11.8. The van der Waals surface area contributed by atoms with Gasteiger partial charge in [-0.2, -0.15) is 0 Å². The molecule has 6 nitrogen and oxygen atoms in total. The number of fused-ring (bicyclic) bond motifs is 2. The van der Waals surface area contributed by atoms with Crippen LogP contribution in [0.2, 0.25) is 0 Å². The van der Waals surface area contributed by atoms with Gasteiger partial charge < -0.3 is 11.1 Å². The zero-order chi connectivity index (χ0) is 13.2. The molecule has 19 heavy (non-hydrogen) atoms. The van der Waals surface area contributed by atoms with Crippen LogP contribution in [0.3, 0.4) is 0 Å². The smallest absolute Gasteiger partial charge is 0.241 e. The highest BCUT2D eigenvalue weighted by Crippen LogP contribution is 2.47. The van der Waals surface area contributed by atoms with Crippen LogP contribution >= 0.6 is 0 Å². The topological polar surface area (TPSA) is 85.8 Å². The molecule has 0 saturated heterocycles. The minimum Gasteiger partial charge on any atom is -0.354 e. The van der Waals surface area contributed by atoms with Gasteiger partial charge in [0.1, 0.15) is 6.54 Å². The Labute approximate surface area is 112 Å². The summed E-state index contributed by atoms with van der Waals surface area (Å²) in [5, 5.41) is 10.8. The molecule has 2 aliphatic rings. The van der Waals surface area contributed by atoms with Crippen LogP contribution in [-0.4, -0.2) is 27.4 Å².